The van der Waals surface area contributed by atoms with Crippen molar-refractivity contribution in [2.75, 3.05) is 20.0 Å². The first-order chi connectivity index (χ1) is 16.8. The highest BCUT2D eigenvalue weighted by Crippen LogP contribution is 2.64. The fraction of sp³-hybridized carbons (Fsp3) is 0.607. The first-order valence-electron chi connectivity index (χ1n) is 12.7. The number of carbonyl (C=O) groups excluding carboxylic acids is 1. The molecule has 7 atom stereocenters. The number of benzene rings is 1. The van der Waals surface area contributed by atoms with Crippen molar-refractivity contribution in [3.8, 4) is 11.5 Å². The van der Waals surface area contributed by atoms with Gasteiger partial charge in [-0.15, -0.1) is 0 Å². The second-order valence-corrected chi connectivity index (χ2v) is 11.2. The Hall–Kier alpha value is -2.35. The van der Waals surface area contributed by atoms with E-state index in [9.17, 15) is 9.90 Å². The minimum Gasteiger partial charge on any atom is -0.459 e. The molecular formula is C28H34O7. The Morgan fingerprint density at radius 1 is 1.14 bits per heavy atom. The number of aliphatic hydroxyl groups is 1. The summed E-state index contributed by atoms with van der Waals surface area (Å²) in [5.41, 5.74) is 2.48. The van der Waals surface area contributed by atoms with E-state index in [1.54, 1.807) is 0 Å². The number of ether oxygens (including phenoxy) is 5. The van der Waals surface area contributed by atoms with E-state index in [1.807, 2.05) is 24.3 Å². The van der Waals surface area contributed by atoms with Crippen LogP contribution in [0.25, 0.3) is 0 Å². The van der Waals surface area contributed by atoms with Crippen LogP contribution in [0.2, 0.25) is 0 Å². The van der Waals surface area contributed by atoms with E-state index in [1.165, 1.54) is 5.57 Å². The summed E-state index contributed by atoms with van der Waals surface area (Å²) in [7, 11) is 0. The SMILES string of the molecule is C=C1CC[C@@H]2[C@]3(C)COC(c4ccc5c(c4)OCO5)O[C@@H]3CC[C@@]2(C)[C@@H]1C/C=C1/C(=O)OC[C@H]1O. The number of carbonyl (C=O) groups is 1. The molecule has 0 radical (unpaired) electrons. The van der Waals surface area contributed by atoms with Gasteiger partial charge in [0.15, 0.2) is 17.8 Å². The molecule has 0 amide bonds. The topological polar surface area (TPSA) is 83.5 Å². The fourth-order valence-corrected chi connectivity index (χ4v) is 7.43. The molecule has 4 fully saturated rings. The molecule has 2 saturated carbocycles. The van der Waals surface area contributed by atoms with Gasteiger partial charge < -0.3 is 28.8 Å². The van der Waals surface area contributed by atoms with Crippen LogP contribution in [0.1, 0.15) is 57.8 Å². The quantitative estimate of drug-likeness (QED) is 0.387. The molecule has 1 aromatic carbocycles. The number of rotatable bonds is 3. The average molecular weight is 483 g/mol. The van der Waals surface area contributed by atoms with Crippen LogP contribution in [0, 0.1) is 22.7 Å². The van der Waals surface area contributed by atoms with Gasteiger partial charge in [-0.1, -0.05) is 32.1 Å². The van der Waals surface area contributed by atoms with Gasteiger partial charge >= 0.3 is 5.97 Å². The molecule has 0 aromatic heterocycles. The van der Waals surface area contributed by atoms with Crippen molar-refractivity contribution in [2.24, 2.45) is 22.7 Å². The molecule has 188 valence electrons. The van der Waals surface area contributed by atoms with Crippen molar-refractivity contribution in [1.82, 2.24) is 0 Å². The maximum Gasteiger partial charge on any atom is 0.336 e. The van der Waals surface area contributed by atoms with Crippen LogP contribution in [0.3, 0.4) is 0 Å². The fourth-order valence-electron chi connectivity index (χ4n) is 7.43. The van der Waals surface area contributed by atoms with E-state index in [0.717, 1.165) is 42.7 Å². The lowest BCUT2D eigenvalue weighted by molar-refractivity contribution is -0.307. The standard InChI is InChI=1S/C28H34O7/c1-16-4-9-23-27(2,19(16)7-6-18-20(29)13-31-25(18)30)11-10-24-28(23,3)14-32-26(35-24)17-5-8-21-22(12-17)34-15-33-21/h5-6,8,12,19-20,23-24,26,29H,1,4,7,9-11,13-15H2,2-3H3/b18-6+/t19-,20-,23+,24-,26?,27+,28+/m1/s1. The highest BCUT2D eigenvalue weighted by atomic mass is 16.7. The lowest BCUT2D eigenvalue weighted by atomic mass is 9.46. The molecule has 5 aliphatic rings. The van der Waals surface area contributed by atoms with Gasteiger partial charge in [0, 0.05) is 11.0 Å². The third kappa shape index (κ3) is 3.62. The first kappa shape index (κ1) is 23.1. The Kier molecular flexibility index (Phi) is 5.51. The van der Waals surface area contributed by atoms with Crippen LogP contribution in [0.15, 0.2) is 42.0 Å². The Morgan fingerprint density at radius 2 is 1.97 bits per heavy atom. The van der Waals surface area contributed by atoms with Crippen molar-refractivity contribution in [3.63, 3.8) is 0 Å². The maximum atomic E-state index is 12.0. The molecule has 7 heteroatoms. The van der Waals surface area contributed by atoms with Crippen molar-refractivity contribution >= 4 is 5.97 Å². The lowest BCUT2D eigenvalue weighted by Gasteiger charge is -2.62. The van der Waals surface area contributed by atoms with Crippen molar-refractivity contribution in [3.05, 3.63) is 47.6 Å². The molecule has 35 heavy (non-hydrogen) atoms. The largest absolute Gasteiger partial charge is 0.459 e. The summed E-state index contributed by atoms with van der Waals surface area (Å²) >= 11 is 0. The van der Waals surface area contributed by atoms with Crippen molar-refractivity contribution in [2.45, 2.75) is 64.4 Å². The molecule has 2 aliphatic carbocycles. The van der Waals surface area contributed by atoms with E-state index < -0.39 is 18.4 Å². The molecule has 7 nitrogen and oxygen atoms in total. The number of fused-ring (bicyclic) bond motifs is 4. The zero-order chi connectivity index (χ0) is 24.4. The van der Waals surface area contributed by atoms with E-state index in [-0.39, 0.29) is 36.3 Å². The maximum absolute atomic E-state index is 12.0. The lowest BCUT2D eigenvalue weighted by Crippen LogP contribution is -2.60. The third-order valence-electron chi connectivity index (χ3n) is 9.36. The smallest absolute Gasteiger partial charge is 0.336 e. The second kappa shape index (κ2) is 8.36. The van der Waals surface area contributed by atoms with E-state index >= 15 is 0 Å². The Labute approximate surface area is 206 Å². The van der Waals surface area contributed by atoms with E-state index in [4.69, 9.17) is 23.7 Å². The van der Waals surface area contributed by atoms with Gasteiger partial charge in [0.2, 0.25) is 6.79 Å². The number of aliphatic hydroxyl groups excluding tert-OH is 1. The summed E-state index contributed by atoms with van der Waals surface area (Å²) < 4.78 is 29.0. The monoisotopic (exact) mass is 482 g/mol. The van der Waals surface area contributed by atoms with E-state index in [2.05, 4.69) is 20.4 Å². The average Bonchev–Trinajstić information content (AvgIpc) is 3.43. The molecule has 0 bridgehead atoms. The summed E-state index contributed by atoms with van der Waals surface area (Å²) in [4.78, 5) is 12.0. The Bertz CT molecular complexity index is 1080. The summed E-state index contributed by atoms with van der Waals surface area (Å²) in [6, 6.07) is 5.86. The molecule has 1 aromatic rings. The minimum atomic E-state index is -0.829. The molecule has 1 N–H and O–H groups in total. The molecule has 3 aliphatic heterocycles. The van der Waals surface area contributed by atoms with Crippen LogP contribution in [0.4, 0.5) is 0 Å². The van der Waals surface area contributed by atoms with Crippen molar-refractivity contribution in [1.29, 1.82) is 0 Å². The minimum absolute atomic E-state index is 0.0173. The summed E-state index contributed by atoms with van der Waals surface area (Å²) in [5, 5.41) is 10.1. The highest BCUT2D eigenvalue weighted by molar-refractivity contribution is 5.91. The summed E-state index contributed by atoms with van der Waals surface area (Å²) in [5.74, 6) is 1.72. The molecule has 1 unspecified atom stereocenters. The predicted molar refractivity (Wildman–Crippen MR) is 127 cm³/mol. The highest BCUT2D eigenvalue weighted by Gasteiger charge is 2.60. The first-order valence-corrected chi connectivity index (χ1v) is 12.7. The van der Waals surface area contributed by atoms with Gasteiger partial charge in [-0.2, -0.15) is 0 Å². The third-order valence-corrected chi connectivity index (χ3v) is 9.36. The van der Waals surface area contributed by atoms with Gasteiger partial charge in [0.05, 0.1) is 18.3 Å². The van der Waals surface area contributed by atoms with Crippen LogP contribution in [-0.4, -0.2) is 43.3 Å². The van der Waals surface area contributed by atoms with Crippen LogP contribution in [0.5, 0.6) is 11.5 Å². The Balaban J connectivity index is 1.22. The van der Waals surface area contributed by atoms with Gasteiger partial charge in [-0.3, -0.25) is 0 Å². The summed E-state index contributed by atoms with van der Waals surface area (Å²) in [6.45, 7) is 10.0. The second-order valence-electron chi connectivity index (χ2n) is 11.2. The molecule has 6 rings (SSSR count). The van der Waals surface area contributed by atoms with Crippen molar-refractivity contribution < 1.29 is 33.6 Å². The normalized spacial score (nSPS) is 41.5. The van der Waals surface area contributed by atoms with Gasteiger partial charge in [-0.25, -0.2) is 4.79 Å². The predicted octanol–water partition coefficient (Wildman–Crippen LogP) is 4.45. The van der Waals surface area contributed by atoms with Gasteiger partial charge in [0.25, 0.3) is 0 Å². The van der Waals surface area contributed by atoms with Crippen LogP contribution >= 0.6 is 0 Å². The Morgan fingerprint density at radius 3 is 2.77 bits per heavy atom. The number of cyclic esters (lactones) is 1. The van der Waals surface area contributed by atoms with E-state index in [0.29, 0.717) is 24.5 Å². The molecule has 0 spiro atoms. The summed E-state index contributed by atoms with van der Waals surface area (Å²) in [6.07, 6.45) is 5.41. The zero-order valence-electron chi connectivity index (χ0n) is 20.5. The number of allylic oxidation sites excluding steroid dienone is 2. The molecule has 3 heterocycles. The van der Waals surface area contributed by atoms with Gasteiger partial charge in [0.1, 0.15) is 12.7 Å². The molecule has 2 saturated heterocycles. The zero-order valence-corrected chi connectivity index (χ0v) is 20.5. The number of hydrogen-bond donors (Lipinski definition) is 1. The van der Waals surface area contributed by atoms with Gasteiger partial charge in [-0.05, 0) is 67.6 Å². The van der Waals surface area contributed by atoms with Crippen LogP contribution in [-0.2, 0) is 19.0 Å². The molecular weight excluding hydrogens is 448 g/mol. The van der Waals surface area contributed by atoms with Crippen LogP contribution < -0.4 is 9.47 Å². The number of esters is 1. The number of hydrogen-bond acceptors (Lipinski definition) is 7.